The highest BCUT2D eigenvalue weighted by Gasteiger charge is 2.17. The SMILES string of the molecule is Cc1ccc(CN(CCCn2ccnc2)Cc2ccnc(N3CCN(C)CC3)n2)s1. The molecule has 1 aliphatic heterocycles. The number of hydrogen-bond acceptors (Lipinski definition) is 7. The second-order valence-electron chi connectivity index (χ2n) is 8.02. The molecule has 4 rings (SSSR count). The number of hydrogen-bond donors (Lipinski definition) is 0. The van der Waals surface area contributed by atoms with Crippen molar-refractivity contribution in [2.45, 2.75) is 33.0 Å². The van der Waals surface area contributed by atoms with E-state index in [9.17, 15) is 0 Å². The van der Waals surface area contributed by atoms with E-state index in [1.165, 1.54) is 9.75 Å². The minimum absolute atomic E-state index is 0.837. The Morgan fingerprint density at radius 3 is 2.67 bits per heavy atom. The van der Waals surface area contributed by atoms with Gasteiger partial charge < -0.3 is 14.4 Å². The van der Waals surface area contributed by atoms with E-state index in [2.05, 4.69) is 61.4 Å². The molecule has 1 saturated heterocycles. The fraction of sp³-hybridized carbons (Fsp3) is 0.500. The summed E-state index contributed by atoms with van der Waals surface area (Å²) in [5.74, 6) is 0.867. The summed E-state index contributed by atoms with van der Waals surface area (Å²) < 4.78 is 2.14. The quantitative estimate of drug-likeness (QED) is 0.525. The highest BCUT2D eigenvalue weighted by Crippen LogP contribution is 2.19. The summed E-state index contributed by atoms with van der Waals surface area (Å²) in [5.41, 5.74) is 1.09. The van der Waals surface area contributed by atoms with Crippen LogP contribution in [0.5, 0.6) is 0 Å². The second-order valence-corrected chi connectivity index (χ2v) is 9.39. The smallest absolute Gasteiger partial charge is 0.225 e. The first kappa shape index (κ1) is 21.0. The predicted octanol–water partition coefficient (Wildman–Crippen LogP) is 2.89. The van der Waals surface area contributed by atoms with Crippen molar-refractivity contribution in [2.24, 2.45) is 0 Å². The number of anilines is 1. The minimum Gasteiger partial charge on any atom is -0.338 e. The van der Waals surface area contributed by atoms with Crippen molar-refractivity contribution >= 4 is 17.3 Å². The molecule has 30 heavy (non-hydrogen) atoms. The molecule has 7 nitrogen and oxygen atoms in total. The van der Waals surface area contributed by atoms with Crippen LogP contribution in [-0.4, -0.2) is 69.1 Å². The van der Waals surface area contributed by atoms with Crippen LogP contribution in [0.3, 0.4) is 0 Å². The van der Waals surface area contributed by atoms with Gasteiger partial charge in [-0.3, -0.25) is 4.90 Å². The number of aromatic nitrogens is 4. The van der Waals surface area contributed by atoms with E-state index in [1.807, 2.05) is 36.3 Å². The highest BCUT2D eigenvalue weighted by atomic mass is 32.1. The van der Waals surface area contributed by atoms with Crippen molar-refractivity contribution in [1.82, 2.24) is 29.3 Å². The van der Waals surface area contributed by atoms with Gasteiger partial charge in [-0.2, -0.15) is 0 Å². The lowest BCUT2D eigenvalue weighted by Gasteiger charge is -2.32. The van der Waals surface area contributed by atoms with E-state index in [1.54, 1.807) is 0 Å². The van der Waals surface area contributed by atoms with Crippen LogP contribution < -0.4 is 4.90 Å². The molecule has 0 bridgehead atoms. The summed E-state index contributed by atoms with van der Waals surface area (Å²) in [4.78, 5) is 23.5. The van der Waals surface area contributed by atoms with Gasteiger partial charge in [-0.25, -0.2) is 15.0 Å². The summed E-state index contributed by atoms with van der Waals surface area (Å²) in [6, 6.07) is 6.51. The summed E-state index contributed by atoms with van der Waals surface area (Å²) in [6.45, 7) is 10.1. The maximum Gasteiger partial charge on any atom is 0.225 e. The van der Waals surface area contributed by atoms with Crippen LogP contribution in [0.25, 0.3) is 0 Å². The first-order valence-electron chi connectivity index (χ1n) is 10.6. The molecule has 0 unspecified atom stereocenters. The fourth-order valence-corrected chi connectivity index (χ4v) is 4.69. The van der Waals surface area contributed by atoms with Crippen molar-refractivity contribution in [1.29, 1.82) is 0 Å². The zero-order valence-corrected chi connectivity index (χ0v) is 18.8. The van der Waals surface area contributed by atoms with Crippen LogP contribution in [0.15, 0.2) is 43.1 Å². The Labute approximate surface area is 183 Å². The van der Waals surface area contributed by atoms with Gasteiger partial charge in [-0.05, 0) is 38.6 Å². The van der Waals surface area contributed by atoms with E-state index in [0.717, 1.165) is 70.4 Å². The third-order valence-corrected chi connectivity index (χ3v) is 6.48. The van der Waals surface area contributed by atoms with Crippen LogP contribution >= 0.6 is 11.3 Å². The molecule has 0 saturated carbocycles. The van der Waals surface area contributed by atoms with Crippen molar-refractivity contribution in [2.75, 3.05) is 44.7 Å². The van der Waals surface area contributed by atoms with Gasteiger partial charge in [0.1, 0.15) is 0 Å². The summed E-state index contributed by atoms with van der Waals surface area (Å²) >= 11 is 1.88. The van der Waals surface area contributed by atoms with Crippen LogP contribution in [-0.2, 0) is 19.6 Å². The number of thiophene rings is 1. The normalized spacial score (nSPS) is 15.2. The lowest BCUT2D eigenvalue weighted by Crippen LogP contribution is -2.45. The zero-order valence-electron chi connectivity index (χ0n) is 17.9. The molecular formula is C22H31N7S. The Balaban J connectivity index is 1.41. The van der Waals surface area contributed by atoms with E-state index in [-0.39, 0.29) is 0 Å². The molecule has 8 heteroatoms. The number of rotatable bonds is 9. The lowest BCUT2D eigenvalue weighted by molar-refractivity contribution is 0.247. The van der Waals surface area contributed by atoms with Crippen LogP contribution in [0, 0.1) is 6.92 Å². The van der Waals surface area contributed by atoms with Crippen molar-refractivity contribution < 1.29 is 0 Å². The Bertz CT molecular complexity index is 900. The van der Waals surface area contributed by atoms with Gasteiger partial charge >= 0.3 is 0 Å². The zero-order chi connectivity index (χ0) is 20.8. The number of imidazole rings is 1. The standard InChI is InChI=1S/C22H31N7S/c1-19-4-5-21(30-19)17-28(10-3-9-27-11-8-23-18-27)16-20-6-7-24-22(25-20)29-14-12-26(2)13-15-29/h4-8,11,18H,3,9-10,12-17H2,1-2H3. The van der Waals surface area contributed by atoms with Gasteiger partial charge in [0.15, 0.2) is 0 Å². The Morgan fingerprint density at radius 2 is 1.93 bits per heavy atom. The Morgan fingerprint density at radius 1 is 1.07 bits per heavy atom. The molecule has 0 amide bonds. The number of piperazine rings is 1. The molecular weight excluding hydrogens is 394 g/mol. The van der Waals surface area contributed by atoms with E-state index >= 15 is 0 Å². The topological polar surface area (TPSA) is 53.3 Å². The molecule has 160 valence electrons. The van der Waals surface area contributed by atoms with E-state index in [4.69, 9.17) is 4.98 Å². The molecule has 1 aliphatic rings. The predicted molar refractivity (Wildman–Crippen MR) is 122 cm³/mol. The minimum atomic E-state index is 0.837. The largest absolute Gasteiger partial charge is 0.338 e. The molecule has 0 atom stereocenters. The van der Waals surface area contributed by atoms with Crippen LogP contribution in [0.2, 0.25) is 0 Å². The molecule has 0 aliphatic carbocycles. The third-order valence-electron chi connectivity index (χ3n) is 5.50. The second kappa shape index (κ2) is 10.1. The lowest BCUT2D eigenvalue weighted by atomic mass is 10.3. The van der Waals surface area contributed by atoms with E-state index in [0.29, 0.717) is 0 Å². The number of nitrogens with zero attached hydrogens (tertiary/aromatic N) is 7. The van der Waals surface area contributed by atoms with Gasteiger partial charge in [0, 0.05) is 80.7 Å². The highest BCUT2D eigenvalue weighted by molar-refractivity contribution is 7.11. The first-order chi connectivity index (χ1) is 14.7. The Hall–Kier alpha value is -2.29. The summed E-state index contributed by atoms with van der Waals surface area (Å²) in [6.07, 6.45) is 8.75. The maximum absolute atomic E-state index is 4.91. The van der Waals surface area contributed by atoms with Crippen LogP contribution in [0.1, 0.15) is 21.9 Å². The Kier molecular flexibility index (Phi) is 7.09. The molecule has 0 spiro atoms. The molecule has 4 heterocycles. The van der Waals surface area contributed by atoms with Crippen molar-refractivity contribution in [3.05, 3.63) is 58.6 Å². The average molecular weight is 426 g/mol. The molecule has 1 fully saturated rings. The molecule has 0 radical (unpaired) electrons. The number of aryl methyl sites for hydroxylation is 2. The molecule has 0 N–H and O–H groups in total. The van der Waals surface area contributed by atoms with E-state index < -0.39 is 0 Å². The average Bonchev–Trinajstić information content (AvgIpc) is 3.40. The summed E-state index contributed by atoms with van der Waals surface area (Å²) in [7, 11) is 2.17. The van der Waals surface area contributed by atoms with Crippen molar-refractivity contribution in [3.63, 3.8) is 0 Å². The van der Waals surface area contributed by atoms with Gasteiger partial charge in [0.05, 0.1) is 12.0 Å². The van der Waals surface area contributed by atoms with Gasteiger partial charge in [0.2, 0.25) is 5.95 Å². The molecule has 0 aromatic carbocycles. The molecule has 3 aromatic rings. The van der Waals surface area contributed by atoms with Gasteiger partial charge in [-0.15, -0.1) is 11.3 Å². The van der Waals surface area contributed by atoms with Gasteiger partial charge in [-0.1, -0.05) is 0 Å². The first-order valence-corrected chi connectivity index (χ1v) is 11.5. The maximum atomic E-state index is 4.91. The van der Waals surface area contributed by atoms with Crippen LogP contribution in [0.4, 0.5) is 5.95 Å². The number of likely N-dealkylation sites (N-methyl/N-ethyl adjacent to an activating group) is 1. The third kappa shape index (κ3) is 5.87. The monoisotopic (exact) mass is 425 g/mol. The van der Waals surface area contributed by atoms with Gasteiger partial charge in [0.25, 0.3) is 0 Å². The molecule has 3 aromatic heterocycles. The fourth-order valence-electron chi connectivity index (χ4n) is 3.76. The summed E-state index contributed by atoms with van der Waals surface area (Å²) in [5, 5.41) is 0. The van der Waals surface area contributed by atoms with Crippen molar-refractivity contribution in [3.8, 4) is 0 Å².